The summed E-state index contributed by atoms with van der Waals surface area (Å²) in [6.45, 7) is 13.7. The molecule has 2 heterocycles. The molecule has 2 fully saturated rings. The van der Waals surface area contributed by atoms with Crippen LogP contribution in [0.4, 0.5) is 4.79 Å². The van der Waals surface area contributed by atoms with E-state index in [9.17, 15) is 43.5 Å². The summed E-state index contributed by atoms with van der Waals surface area (Å²) in [5.41, 5.74) is -3.56. The van der Waals surface area contributed by atoms with Gasteiger partial charge in [0, 0.05) is 18.5 Å². The molecule has 3 rings (SSSR count). The maximum atomic E-state index is 14.0. The maximum Gasteiger partial charge on any atom is 0.331 e. The monoisotopic (exact) mass is 773 g/mol. The first kappa shape index (κ1) is 45.0. The van der Waals surface area contributed by atoms with Crippen LogP contribution >= 0.6 is 0 Å². The minimum absolute atomic E-state index is 0.0354. The molecule has 0 saturated carbocycles. The van der Waals surface area contributed by atoms with E-state index in [0.29, 0.717) is 12.0 Å². The molecule has 2 amide bonds. The molecule has 16 heteroatoms. The van der Waals surface area contributed by atoms with Gasteiger partial charge in [-0.15, -0.1) is 0 Å². The number of ether oxygens (including phenoxy) is 3. The zero-order valence-electron chi connectivity index (χ0n) is 33.0. The average Bonchev–Trinajstić information content (AvgIpc) is 3.06. The zero-order valence-corrected chi connectivity index (χ0v) is 33.8. The molecule has 2 aliphatic rings. The molecule has 0 unspecified atom stereocenters. The zero-order chi connectivity index (χ0) is 40.4. The molecule has 0 radical (unpaired) electrons. The van der Waals surface area contributed by atoms with Crippen LogP contribution in [0.25, 0.3) is 0 Å². The molecule has 0 aromatic heterocycles. The second-order valence-corrected chi connectivity index (χ2v) is 17.7. The topological polar surface area (TPSA) is 216 Å². The van der Waals surface area contributed by atoms with Crippen molar-refractivity contribution in [2.45, 2.75) is 153 Å². The molecule has 15 nitrogen and oxygen atoms in total. The van der Waals surface area contributed by atoms with Gasteiger partial charge in [-0.1, -0.05) is 39.0 Å². The lowest BCUT2D eigenvalue weighted by atomic mass is 9.78. The molecule has 6 N–H and O–H groups in total. The minimum atomic E-state index is -4.40. The number of carbonyl (C=O) groups excluding carboxylic acids is 2. The quantitative estimate of drug-likeness (QED) is 0.228. The number of carbonyl (C=O) groups is 2. The Morgan fingerprint density at radius 2 is 1.66 bits per heavy atom. The number of nitrogens with zero attached hydrogens (tertiary/aromatic N) is 2. The van der Waals surface area contributed by atoms with Crippen LogP contribution in [0.3, 0.4) is 0 Å². The lowest BCUT2D eigenvalue weighted by Crippen LogP contribution is -2.61. The number of likely N-dealkylation sites (N-methyl/N-ethyl adjacent to an activating group) is 1. The van der Waals surface area contributed by atoms with Gasteiger partial charge in [0.1, 0.15) is 23.9 Å². The van der Waals surface area contributed by atoms with Crippen molar-refractivity contribution in [2.75, 3.05) is 20.6 Å². The molecular formula is C37H63N3O12S. The van der Waals surface area contributed by atoms with Crippen LogP contribution in [0.2, 0.25) is 0 Å². The van der Waals surface area contributed by atoms with Gasteiger partial charge in [-0.25, -0.2) is 17.9 Å². The highest BCUT2D eigenvalue weighted by atomic mass is 32.2. The number of amides is 2. The van der Waals surface area contributed by atoms with E-state index in [1.54, 1.807) is 39.8 Å². The molecule has 14 atom stereocenters. The number of esters is 1. The second kappa shape index (κ2) is 17.6. The number of aliphatic hydroxyl groups is 5. The van der Waals surface area contributed by atoms with E-state index in [1.165, 1.54) is 39.8 Å². The van der Waals surface area contributed by atoms with Crippen molar-refractivity contribution in [3.05, 3.63) is 29.8 Å². The van der Waals surface area contributed by atoms with Crippen molar-refractivity contribution >= 4 is 22.0 Å². The number of aryl methyl sites for hydroxylation is 1. The van der Waals surface area contributed by atoms with Crippen molar-refractivity contribution in [2.24, 2.45) is 17.8 Å². The summed E-state index contributed by atoms with van der Waals surface area (Å²) in [5, 5.41) is 58.5. The fraction of sp³-hybridized carbons (Fsp3) is 0.784. The van der Waals surface area contributed by atoms with Gasteiger partial charge < -0.3 is 49.5 Å². The Labute approximate surface area is 314 Å². The van der Waals surface area contributed by atoms with Crippen LogP contribution in [0, 0.1) is 24.7 Å². The smallest absolute Gasteiger partial charge is 0.331 e. The summed E-state index contributed by atoms with van der Waals surface area (Å²) in [4.78, 5) is 30.3. The molecule has 0 aliphatic carbocycles. The summed E-state index contributed by atoms with van der Waals surface area (Å²) in [7, 11) is -0.762. The Bertz CT molecular complexity index is 1510. The van der Waals surface area contributed by atoms with Gasteiger partial charge in [-0.05, 0) is 92.4 Å². The average molecular weight is 774 g/mol. The SMILES string of the molecule is CC[C@H]1OC(=O)[C@H](C)[C@@H](O)[C@H](C)[C@@H](O[C@@H]2O[C@H](C)C[C@H](N(C)C)[C@H]2O)[C@](C)(O)C[C@@H](C)CN(C(=O)NS(=O)(=O)c2ccccc2C)[C@H](C)[C@@H](O)[C@]1(C)O. The largest absolute Gasteiger partial charge is 0.459 e. The number of hydrogen-bond donors (Lipinski definition) is 6. The van der Waals surface area contributed by atoms with Crippen LogP contribution < -0.4 is 4.72 Å². The predicted molar refractivity (Wildman–Crippen MR) is 196 cm³/mol. The van der Waals surface area contributed by atoms with Crippen LogP contribution in [-0.4, -0.2) is 143 Å². The van der Waals surface area contributed by atoms with Gasteiger partial charge in [0.2, 0.25) is 0 Å². The molecule has 1 aromatic rings. The standard InChI is InChI=1S/C37H63N3O12S/c1-12-28-37(9,47)31(43)25(7)40(35(45)38-53(48,49)27-16-14-13-15-21(27)3)19-20(2)18-36(8,46)32(23(5)29(41)24(6)33(44)51-28)52-34-30(42)26(39(10)11)17-22(4)50-34/h13-16,20,22-26,28-32,34,41-43,46-47H,12,17-19H2,1-11H3,(H,38,45)/t20-,22-,23+,24-,25-,26+,28-,29+,30-,31-,32-,34+,36-,37-/m1/s1. The van der Waals surface area contributed by atoms with Gasteiger partial charge in [0.15, 0.2) is 6.29 Å². The minimum Gasteiger partial charge on any atom is -0.459 e. The van der Waals surface area contributed by atoms with Crippen molar-refractivity contribution in [1.29, 1.82) is 0 Å². The van der Waals surface area contributed by atoms with Gasteiger partial charge >= 0.3 is 12.0 Å². The fourth-order valence-corrected chi connectivity index (χ4v) is 9.07. The van der Waals surface area contributed by atoms with Crippen LogP contribution in [0.5, 0.6) is 0 Å². The van der Waals surface area contributed by atoms with Gasteiger partial charge in [0.05, 0.1) is 40.8 Å². The normalized spacial score (nSPS) is 39.9. The first-order valence-electron chi connectivity index (χ1n) is 18.4. The lowest BCUT2D eigenvalue weighted by molar-refractivity contribution is -0.299. The second-order valence-electron chi connectivity index (χ2n) is 16.0. The predicted octanol–water partition coefficient (Wildman–Crippen LogP) is 1.75. The molecule has 0 bridgehead atoms. The molecule has 304 valence electrons. The van der Waals surface area contributed by atoms with E-state index >= 15 is 0 Å². The Morgan fingerprint density at radius 1 is 1.06 bits per heavy atom. The number of aliphatic hydroxyl groups excluding tert-OH is 3. The van der Waals surface area contributed by atoms with Gasteiger partial charge in [-0.3, -0.25) is 4.79 Å². The Hall–Kier alpha value is -2.41. The molecule has 2 saturated heterocycles. The highest BCUT2D eigenvalue weighted by molar-refractivity contribution is 7.90. The fourth-order valence-electron chi connectivity index (χ4n) is 7.87. The van der Waals surface area contributed by atoms with E-state index < -0.39 is 93.8 Å². The van der Waals surface area contributed by atoms with E-state index in [-0.39, 0.29) is 36.4 Å². The summed E-state index contributed by atoms with van der Waals surface area (Å²) in [6.07, 6.45) is -8.04. The molecule has 53 heavy (non-hydrogen) atoms. The van der Waals surface area contributed by atoms with E-state index in [0.717, 1.165) is 4.90 Å². The Kier molecular flexibility index (Phi) is 14.9. The lowest BCUT2D eigenvalue weighted by Gasteiger charge is -2.46. The summed E-state index contributed by atoms with van der Waals surface area (Å²) in [6, 6.07) is 3.41. The molecule has 1 aromatic carbocycles. The highest BCUT2D eigenvalue weighted by Crippen LogP contribution is 2.37. The number of rotatable bonds is 6. The summed E-state index contributed by atoms with van der Waals surface area (Å²) >= 11 is 0. The number of sulfonamides is 1. The van der Waals surface area contributed by atoms with E-state index in [4.69, 9.17) is 14.2 Å². The summed E-state index contributed by atoms with van der Waals surface area (Å²) < 4.78 is 47.1. The summed E-state index contributed by atoms with van der Waals surface area (Å²) in [5.74, 6) is -3.69. The van der Waals surface area contributed by atoms with Crippen molar-refractivity contribution < 1.29 is 57.8 Å². The van der Waals surface area contributed by atoms with Crippen LogP contribution in [-0.2, 0) is 29.0 Å². The third-order valence-electron chi connectivity index (χ3n) is 11.0. The Balaban J connectivity index is 2.12. The van der Waals surface area contributed by atoms with E-state index in [2.05, 4.69) is 4.72 Å². The van der Waals surface area contributed by atoms with Gasteiger partial charge in [-0.2, -0.15) is 0 Å². The van der Waals surface area contributed by atoms with Gasteiger partial charge in [0.25, 0.3) is 10.0 Å². The van der Waals surface area contributed by atoms with E-state index in [1.807, 2.05) is 25.9 Å². The third kappa shape index (κ3) is 10.3. The molecule has 2 aliphatic heterocycles. The molecular weight excluding hydrogens is 710 g/mol. The number of cyclic esters (lactones) is 1. The number of benzene rings is 1. The first-order valence-corrected chi connectivity index (χ1v) is 19.9. The van der Waals surface area contributed by atoms with Crippen LogP contribution in [0.15, 0.2) is 29.2 Å². The highest BCUT2D eigenvalue weighted by Gasteiger charge is 2.50. The third-order valence-corrected chi connectivity index (χ3v) is 12.5. The Morgan fingerprint density at radius 3 is 2.23 bits per heavy atom. The van der Waals surface area contributed by atoms with Crippen molar-refractivity contribution in [1.82, 2.24) is 14.5 Å². The number of urea groups is 1. The van der Waals surface area contributed by atoms with Crippen LogP contribution in [0.1, 0.15) is 80.2 Å². The number of hydrogen-bond acceptors (Lipinski definition) is 13. The van der Waals surface area contributed by atoms with Crippen molar-refractivity contribution in [3.8, 4) is 0 Å². The van der Waals surface area contributed by atoms with Crippen molar-refractivity contribution in [3.63, 3.8) is 0 Å². The first-order chi connectivity index (χ1) is 24.4. The maximum absolute atomic E-state index is 14.0. The number of nitrogens with one attached hydrogen (secondary N) is 1. The molecule has 0 spiro atoms.